The van der Waals surface area contributed by atoms with E-state index in [4.69, 9.17) is 23.2 Å². The number of aryl methyl sites for hydroxylation is 1. The Labute approximate surface area is 141 Å². The predicted molar refractivity (Wildman–Crippen MR) is 94.5 cm³/mol. The molecule has 0 bridgehead atoms. The summed E-state index contributed by atoms with van der Waals surface area (Å²) in [5.74, 6) is 2.85. The highest BCUT2D eigenvalue weighted by molar-refractivity contribution is 6.36. The predicted octanol–water partition coefficient (Wildman–Crippen LogP) is 5.29. The minimum absolute atomic E-state index is 0.554. The average molecular weight is 339 g/mol. The molecule has 0 amide bonds. The summed E-state index contributed by atoms with van der Waals surface area (Å²) >= 11 is 12.1. The van der Waals surface area contributed by atoms with Gasteiger partial charge in [0.15, 0.2) is 0 Å². The highest BCUT2D eigenvalue weighted by Crippen LogP contribution is 2.28. The quantitative estimate of drug-likeness (QED) is 0.750. The van der Waals surface area contributed by atoms with Crippen molar-refractivity contribution >= 4 is 40.5 Å². The Morgan fingerprint density at radius 1 is 1.09 bits per heavy atom. The lowest BCUT2D eigenvalue weighted by Crippen LogP contribution is -2.08. The van der Waals surface area contributed by atoms with E-state index >= 15 is 0 Å². The number of benzene rings is 1. The van der Waals surface area contributed by atoms with Gasteiger partial charge in [0.05, 0.1) is 10.7 Å². The maximum Gasteiger partial charge on any atom is 0.136 e. The zero-order valence-electron chi connectivity index (χ0n) is 13.0. The Kier molecular flexibility index (Phi) is 5.86. The molecular weight excluding hydrogens is 319 g/mol. The molecule has 0 radical (unpaired) electrons. The van der Waals surface area contributed by atoms with Gasteiger partial charge in [0.25, 0.3) is 0 Å². The van der Waals surface area contributed by atoms with E-state index in [2.05, 4.69) is 34.4 Å². The summed E-state index contributed by atoms with van der Waals surface area (Å²) in [7, 11) is 0. The Morgan fingerprint density at radius 3 is 2.50 bits per heavy atom. The molecule has 118 valence electrons. The van der Waals surface area contributed by atoms with Crippen LogP contribution in [0.2, 0.25) is 10.0 Å². The van der Waals surface area contributed by atoms with Crippen molar-refractivity contribution in [3.05, 3.63) is 40.1 Å². The van der Waals surface area contributed by atoms with Crippen molar-refractivity contribution in [2.45, 2.75) is 27.2 Å². The first-order chi connectivity index (χ1) is 10.4. The van der Waals surface area contributed by atoms with Crippen LogP contribution in [0.1, 0.15) is 26.1 Å². The van der Waals surface area contributed by atoms with E-state index < -0.39 is 0 Å². The van der Waals surface area contributed by atoms with E-state index in [1.807, 2.05) is 19.1 Å². The average Bonchev–Trinajstić information content (AvgIpc) is 2.41. The SMILES string of the molecule is Cc1nc(NCCC(C)C)cc(Nc2ccc(Cl)cc2Cl)n1. The van der Waals surface area contributed by atoms with Crippen LogP contribution >= 0.6 is 23.2 Å². The Bertz CT molecular complexity index is 644. The summed E-state index contributed by atoms with van der Waals surface area (Å²) in [5, 5.41) is 7.68. The molecule has 0 fully saturated rings. The summed E-state index contributed by atoms with van der Waals surface area (Å²) in [5.41, 5.74) is 0.761. The van der Waals surface area contributed by atoms with Crippen molar-refractivity contribution in [3.8, 4) is 0 Å². The number of aromatic nitrogens is 2. The van der Waals surface area contributed by atoms with Crippen molar-refractivity contribution in [1.29, 1.82) is 0 Å². The topological polar surface area (TPSA) is 49.8 Å². The number of nitrogens with zero attached hydrogens (tertiary/aromatic N) is 2. The number of hydrogen-bond donors (Lipinski definition) is 2. The van der Waals surface area contributed by atoms with Gasteiger partial charge in [-0.2, -0.15) is 0 Å². The molecule has 0 saturated carbocycles. The molecule has 0 aliphatic carbocycles. The fourth-order valence-corrected chi connectivity index (χ4v) is 2.40. The maximum atomic E-state index is 6.17. The van der Waals surface area contributed by atoms with Gasteiger partial charge in [-0.05, 0) is 37.5 Å². The van der Waals surface area contributed by atoms with Crippen LogP contribution in [-0.4, -0.2) is 16.5 Å². The van der Waals surface area contributed by atoms with Crippen molar-refractivity contribution in [1.82, 2.24) is 9.97 Å². The summed E-state index contributed by atoms with van der Waals surface area (Å²) < 4.78 is 0. The summed E-state index contributed by atoms with van der Waals surface area (Å²) in [4.78, 5) is 8.77. The third kappa shape index (κ3) is 5.04. The molecule has 2 N–H and O–H groups in total. The smallest absolute Gasteiger partial charge is 0.136 e. The molecule has 22 heavy (non-hydrogen) atoms. The van der Waals surface area contributed by atoms with Crippen molar-refractivity contribution in [2.75, 3.05) is 17.2 Å². The summed E-state index contributed by atoms with van der Waals surface area (Å²) in [6.07, 6.45) is 1.09. The van der Waals surface area contributed by atoms with Crippen LogP contribution in [0, 0.1) is 12.8 Å². The number of nitrogens with one attached hydrogen (secondary N) is 2. The van der Waals surface area contributed by atoms with E-state index in [0.717, 1.165) is 24.5 Å². The lowest BCUT2D eigenvalue weighted by atomic mass is 10.1. The molecule has 0 aliphatic rings. The second-order valence-corrected chi connectivity index (χ2v) is 6.39. The number of anilines is 3. The number of halogens is 2. The Balaban J connectivity index is 2.12. The molecule has 2 rings (SSSR count). The molecule has 1 aromatic carbocycles. The van der Waals surface area contributed by atoms with Crippen LogP contribution in [0.3, 0.4) is 0 Å². The van der Waals surface area contributed by atoms with Crippen molar-refractivity contribution in [3.63, 3.8) is 0 Å². The summed E-state index contributed by atoms with van der Waals surface area (Å²) in [6, 6.07) is 7.18. The minimum Gasteiger partial charge on any atom is -0.370 e. The second kappa shape index (κ2) is 7.65. The maximum absolute atomic E-state index is 6.17. The molecule has 0 saturated heterocycles. The van der Waals surface area contributed by atoms with E-state index in [1.54, 1.807) is 12.1 Å². The van der Waals surface area contributed by atoms with Gasteiger partial charge < -0.3 is 10.6 Å². The fraction of sp³-hybridized carbons (Fsp3) is 0.375. The van der Waals surface area contributed by atoms with Gasteiger partial charge in [-0.15, -0.1) is 0 Å². The molecular formula is C16H20Cl2N4. The molecule has 1 heterocycles. The van der Waals surface area contributed by atoms with Gasteiger partial charge in [-0.3, -0.25) is 0 Å². The molecule has 0 atom stereocenters. The minimum atomic E-state index is 0.554. The second-order valence-electron chi connectivity index (χ2n) is 5.54. The van der Waals surface area contributed by atoms with E-state index in [9.17, 15) is 0 Å². The lowest BCUT2D eigenvalue weighted by molar-refractivity contribution is 0.606. The van der Waals surface area contributed by atoms with E-state index in [0.29, 0.717) is 27.6 Å². The fourth-order valence-electron chi connectivity index (χ4n) is 1.94. The molecule has 6 heteroatoms. The van der Waals surface area contributed by atoms with Gasteiger partial charge in [0.2, 0.25) is 0 Å². The van der Waals surface area contributed by atoms with Gasteiger partial charge >= 0.3 is 0 Å². The normalized spacial score (nSPS) is 10.8. The van der Waals surface area contributed by atoms with Crippen LogP contribution in [0.15, 0.2) is 24.3 Å². The number of rotatable bonds is 6. The monoisotopic (exact) mass is 338 g/mol. The highest BCUT2D eigenvalue weighted by Gasteiger charge is 2.06. The zero-order chi connectivity index (χ0) is 16.1. The van der Waals surface area contributed by atoms with E-state index in [1.165, 1.54) is 0 Å². The molecule has 4 nitrogen and oxygen atoms in total. The molecule has 2 aromatic rings. The van der Waals surface area contributed by atoms with Crippen LogP contribution in [0.5, 0.6) is 0 Å². The van der Waals surface area contributed by atoms with Crippen LogP contribution < -0.4 is 10.6 Å². The van der Waals surface area contributed by atoms with E-state index in [-0.39, 0.29) is 0 Å². The first-order valence-electron chi connectivity index (χ1n) is 7.25. The van der Waals surface area contributed by atoms with Crippen LogP contribution in [0.25, 0.3) is 0 Å². The zero-order valence-corrected chi connectivity index (χ0v) is 14.5. The third-order valence-corrected chi connectivity index (χ3v) is 3.61. The standard InChI is InChI=1S/C16H20Cl2N4/c1-10(2)6-7-19-15-9-16(21-11(3)20-15)22-14-5-4-12(17)8-13(14)18/h4-5,8-10H,6-7H2,1-3H3,(H2,19,20,21,22). The first kappa shape index (κ1) is 16.8. The van der Waals surface area contributed by atoms with Crippen molar-refractivity contribution in [2.24, 2.45) is 5.92 Å². The molecule has 0 aliphatic heterocycles. The van der Waals surface area contributed by atoms with Gasteiger partial charge in [-0.25, -0.2) is 9.97 Å². The first-order valence-corrected chi connectivity index (χ1v) is 8.01. The Hall–Kier alpha value is -1.52. The largest absolute Gasteiger partial charge is 0.370 e. The Morgan fingerprint density at radius 2 is 1.82 bits per heavy atom. The van der Waals surface area contributed by atoms with Crippen LogP contribution in [-0.2, 0) is 0 Å². The third-order valence-electron chi connectivity index (χ3n) is 3.06. The van der Waals surface area contributed by atoms with Gasteiger partial charge in [-0.1, -0.05) is 37.0 Å². The lowest BCUT2D eigenvalue weighted by Gasteiger charge is -2.12. The van der Waals surface area contributed by atoms with Gasteiger partial charge in [0.1, 0.15) is 17.5 Å². The van der Waals surface area contributed by atoms with Crippen molar-refractivity contribution < 1.29 is 0 Å². The molecule has 0 unspecified atom stereocenters. The van der Waals surface area contributed by atoms with Gasteiger partial charge in [0, 0.05) is 17.6 Å². The van der Waals surface area contributed by atoms with Crippen LogP contribution in [0.4, 0.5) is 17.3 Å². The number of hydrogen-bond acceptors (Lipinski definition) is 4. The highest BCUT2D eigenvalue weighted by atomic mass is 35.5. The summed E-state index contributed by atoms with van der Waals surface area (Å²) in [6.45, 7) is 7.14. The molecule has 1 aromatic heterocycles. The molecule has 0 spiro atoms.